The number of hydrogen-bond donors (Lipinski definition) is 0. The lowest BCUT2D eigenvalue weighted by Gasteiger charge is -2.08. The van der Waals surface area contributed by atoms with Crippen molar-refractivity contribution < 1.29 is 3.79 Å². The topological polar surface area (TPSA) is 35.0 Å². The molecule has 2 heterocycles. The van der Waals surface area contributed by atoms with Crippen molar-refractivity contribution in [1.82, 2.24) is 9.97 Å². The predicted octanol–water partition coefficient (Wildman–Crippen LogP) is 2.25. The number of fused-ring (bicyclic) bond motifs is 3. The Hall–Kier alpha value is -1.63. The van der Waals surface area contributed by atoms with E-state index in [9.17, 15) is 0 Å². The van der Waals surface area contributed by atoms with Gasteiger partial charge in [0.25, 0.3) is 0 Å². The predicted molar refractivity (Wildman–Crippen MR) is 63.4 cm³/mol. The second-order valence-corrected chi connectivity index (χ2v) is 3.70. The van der Waals surface area contributed by atoms with Gasteiger partial charge < -0.3 is 3.79 Å². The highest BCUT2D eigenvalue weighted by atomic mass is 27.1. The summed E-state index contributed by atoms with van der Waals surface area (Å²) in [6, 6.07) is 9.69. The molecule has 0 unspecified atom stereocenters. The zero-order valence-electron chi connectivity index (χ0n) is 8.42. The molecule has 0 atom stereocenters. The van der Waals surface area contributed by atoms with Gasteiger partial charge >= 0.3 is 16.6 Å². The van der Waals surface area contributed by atoms with Gasteiger partial charge in [-0.05, 0) is 18.2 Å². The van der Waals surface area contributed by atoms with Gasteiger partial charge in [0.1, 0.15) is 5.52 Å². The van der Waals surface area contributed by atoms with Crippen molar-refractivity contribution in [2.75, 3.05) is 0 Å². The van der Waals surface area contributed by atoms with E-state index in [0.29, 0.717) is 0 Å². The van der Waals surface area contributed by atoms with E-state index in [1.807, 2.05) is 36.5 Å². The Labute approximate surface area is 101 Å². The minimum atomic E-state index is 0.800. The van der Waals surface area contributed by atoms with Crippen LogP contribution < -0.4 is 3.79 Å². The Morgan fingerprint density at radius 3 is 2.88 bits per heavy atom. The first-order valence-electron chi connectivity index (χ1n) is 4.89. The van der Waals surface area contributed by atoms with Crippen molar-refractivity contribution in [1.29, 1.82) is 0 Å². The van der Waals surface area contributed by atoms with Crippen LogP contribution in [-0.4, -0.2) is 26.6 Å². The standard InChI is InChI=1S/C12H8N2O.Al/c15-10-5-1-3-8-7-14-9-4-2-6-13-12(9)11(8)10;/h1-7,15H;/q;+1/p-1. The van der Waals surface area contributed by atoms with Crippen LogP contribution in [-0.2, 0) is 0 Å². The van der Waals surface area contributed by atoms with Crippen molar-refractivity contribution >= 4 is 38.4 Å². The number of benzene rings is 1. The van der Waals surface area contributed by atoms with Crippen molar-refractivity contribution in [3.8, 4) is 5.75 Å². The van der Waals surface area contributed by atoms with Gasteiger partial charge in [0, 0.05) is 23.2 Å². The van der Waals surface area contributed by atoms with Crippen LogP contribution in [0.5, 0.6) is 5.75 Å². The summed E-state index contributed by atoms with van der Waals surface area (Å²) in [7, 11) is 0. The van der Waals surface area contributed by atoms with Gasteiger partial charge in [-0.3, -0.25) is 9.97 Å². The molecule has 0 saturated carbocycles. The molecule has 16 heavy (non-hydrogen) atoms. The molecule has 0 aliphatic carbocycles. The number of pyridine rings is 2. The van der Waals surface area contributed by atoms with E-state index in [-0.39, 0.29) is 0 Å². The normalized spacial score (nSPS) is 10.8. The SMILES string of the molecule is [Al][O]c1cccc2cnc3cccnc3c12. The third-order valence-electron chi connectivity index (χ3n) is 2.55. The van der Waals surface area contributed by atoms with Gasteiger partial charge in [0.15, 0.2) is 0 Å². The van der Waals surface area contributed by atoms with Gasteiger partial charge in [0.2, 0.25) is 0 Å². The van der Waals surface area contributed by atoms with E-state index in [0.717, 1.165) is 27.6 Å². The summed E-state index contributed by atoms with van der Waals surface area (Å²) in [4.78, 5) is 8.73. The van der Waals surface area contributed by atoms with Crippen LogP contribution in [0.1, 0.15) is 0 Å². The molecule has 0 bridgehead atoms. The summed E-state index contributed by atoms with van der Waals surface area (Å²) in [6.07, 6.45) is 3.61. The molecule has 3 aromatic rings. The molecule has 0 N–H and O–H groups in total. The van der Waals surface area contributed by atoms with Gasteiger partial charge in [0.05, 0.1) is 11.3 Å². The average molecular weight is 222 g/mol. The minimum Gasteiger partial charge on any atom is -0.653 e. The summed E-state index contributed by atoms with van der Waals surface area (Å²) < 4.78 is 5.28. The molecular weight excluding hydrogens is 215 g/mol. The van der Waals surface area contributed by atoms with E-state index in [1.165, 1.54) is 0 Å². The fraction of sp³-hybridized carbons (Fsp3) is 0. The highest BCUT2D eigenvalue weighted by molar-refractivity contribution is 6.09. The minimum absolute atomic E-state index is 0.800. The molecular formula is C12H7AlN2O. The van der Waals surface area contributed by atoms with E-state index >= 15 is 0 Å². The van der Waals surface area contributed by atoms with E-state index in [2.05, 4.69) is 26.6 Å². The lowest BCUT2D eigenvalue weighted by atomic mass is 10.1. The molecule has 1 aromatic carbocycles. The Morgan fingerprint density at radius 1 is 1.06 bits per heavy atom. The smallest absolute Gasteiger partial charge is 0.482 e. The molecule has 0 saturated heterocycles. The van der Waals surface area contributed by atoms with E-state index in [4.69, 9.17) is 3.79 Å². The summed E-state index contributed by atoms with van der Waals surface area (Å²) in [6.45, 7) is 0. The molecule has 74 valence electrons. The maximum atomic E-state index is 5.28. The third-order valence-corrected chi connectivity index (χ3v) is 2.81. The van der Waals surface area contributed by atoms with Gasteiger partial charge in [-0.25, -0.2) is 0 Å². The maximum absolute atomic E-state index is 5.28. The Balaban J connectivity index is 2.57. The Morgan fingerprint density at radius 2 is 2.00 bits per heavy atom. The number of nitrogens with zero attached hydrogens (tertiary/aromatic N) is 2. The molecule has 0 aliphatic rings. The first-order valence-corrected chi connectivity index (χ1v) is 5.36. The van der Waals surface area contributed by atoms with Crippen LogP contribution in [0.15, 0.2) is 42.7 Å². The zero-order valence-corrected chi connectivity index (χ0v) is 9.58. The third kappa shape index (κ3) is 1.35. The Bertz CT molecular complexity index is 669. The maximum Gasteiger partial charge on any atom is 0.482 e. The summed E-state index contributed by atoms with van der Waals surface area (Å²) in [5.74, 6) is 0.800. The number of aromatic nitrogens is 2. The highest BCUT2D eigenvalue weighted by Crippen LogP contribution is 2.29. The fourth-order valence-corrected chi connectivity index (χ4v) is 2.04. The first-order chi connectivity index (χ1) is 7.90. The lowest BCUT2D eigenvalue weighted by Crippen LogP contribution is -1.90. The largest absolute Gasteiger partial charge is 0.653 e. The van der Waals surface area contributed by atoms with Crippen LogP contribution in [0.25, 0.3) is 21.8 Å². The van der Waals surface area contributed by atoms with Crippen molar-refractivity contribution in [3.63, 3.8) is 0 Å². The molecule has 2 radical (unpaired) electrons. The van der Waals surface area contributed by atoms with Crippen molar-refractivity contribution in [2.24, 2.45) is 0 Å². The zero-order chi connectivity index (χ0) is 11.0. The fourth-order valence-electron chi connectivity index (χ4n) is 1.84. The van der Waals surface area contributed by atoms with Gasteiger partial charge in [-0.15, -0.1) is 0 Å². The highest BCUT2D eigenvalue weighted by Gasteiger charge is 2.06. The van der Waals surface area contributed by atoms with Crippen LogP contribution in [0, 0.1) is 0 Å². The second-order valence-electron chi connectivity index (χ2n) is 3.47. The first kappa shape index (κ1) is 9.59. The molecule has 4 heteroatoms. The van der Waals surface area contributed by atoms with Crippen molar-refractivity contribution in [2.45, 2.75) is 0 Å². The number of rotatable bonds is 1. The van der Waals surface area contributed by atoms with Gasteiger partial charge in [-0.1, -0.05) is 12.1 Å². The molecule has 2 aromatic heterocycles. The average Bonchev–Trinajstić information content (AvgIpc) is 2.37. The molecule has 3 rings (SSSR count). The molecule has 3 nitrogen and oxygen atoms in total. The summed E-state index contributed by atoms with van der Waals surface area (Å²) in [5, 5.41) is 2.04. The monoisotopic (exact) mass is 222 g/mol. The van der Waals surface area contributed by atoms with Crippen molar-refractivity contribution in [3.05, 3.63) is 42.7 Å². The molecule has 0 spiro atoms. The Kier molecular flexibility index (Phi) is 2.25. The summed E-state index contributed by atoms with van der Waals surface area (Å²) >= 11 is 2.27. The van der Waals surface area contributed by atoms with Crippen LogP contribution >= 0.6 is 0 Å². The van der Waals surface area contributed by atoms with Crippen LogP contribution in [0.3, 0.4) is 0 Å². The van der Waals surface area contributed by atoms with E-state index in [1.54, 1.807) is 6.20 Å². The molecule has 0 aliphatic heterocycles. The van der Waals surface area contributed by atoms with Gasteiger partial charge in [-0.2, -0.15) is 0 Å². The molecule has 0 fully saturated rings. The van der Waals surface area contributed by atoms with Crippen LogP contribution in [0.2, 0.25) is 0 Å². The summed E-state index contributed by atoms with van der Waals surface area (Å²) in [5.41, 5.74) is 1.75. The lowest BCUT2D eigenvalue weighted by molar-refractivity contribution is 0.624. The second kappa shape index (κ2) is 3.75. The van der Waals surface area contributed by atoms with Crippen LogP contribution in [0.4, 0.5) is 0 Å². The number of hydrogen-bond acceptors (Lipinski definition) is 3. The van der Waals surface area contributed by atoms with E-state index < -0.39 is 0 Å². The molecule has 0 amide bonds. The quantitative estimate of drug-likeness (QED) is 0.468.